The zero-order chi connectivity index (χ0) is 26.7. The van der Waals surface area contributed by atoms with Gasteiger partial charge in [0.05, 0.1) is 30.4 Å². The van der Waals surface area contributed by atoms with E-state index in [0.29, 0.717) is 16.8 Å². The lowest BCUT2D eigenvalue weighted by Gasteiger charge is -2.34. The molecule has 0 saturated heterocycles. The lowest BCUT2D eigenvalue weighted by Crippen LogP contribution is -2.31. The van der Waals surface area contributed by atoms with E-state index >= 15 is 0 Å². The number of aliphatic hydroxyl groups is 1. The number of carbonyl (C=O) groups is 1. The van der Waals surface area contributed by atoms with E-state index in [1.54, 1.807) is 31.2 Å². The van der Waals surface area contributed by atoms with Gasteiger partial charge in [0, 0.05) is 17.9 Å². The Morgan fingerprint density at radius 2 is 2.00 bits per heavy atom. The highest BCUT2D eigenvalue weighted by molar-refractivity contribution is 5.87. The van der Waals surface area contributed by atoms with Crippen molar-refractivity contribution in [3.05, 3.63) is 88.0 Å². The van der Waals surface area contributed by atoms with Crippen molar-refractivity contribution in [1.82, 2.24) is 20.1 Å². The van der Waals surface area contributed by atoms with Gasteiger partial charge >= 0.3 is 12.2 Å². The number of hydrogen-bond donors (Lipinski definition) is 3. The summed E-state index contributed by atoms with van der Waals surface area (Å²) in [6.45, 7) is 9.14. The normalized spacial score (nSPS) is 15.0. The number of nitriles is 1. The van der Waals surface area contributed by atoms with Crippen LogP contribution in [0.2, 0.25) is 0 Å². The number of amides is 2. The number of urea groups is 1. The summed E-state index contributed by atoms with van der Waals surface area (Å²) in [5, 5.41) is 27.2. The van der Waals surface area contributed by atoms with Gasteiger partial charge in [0.15, 0.2) is 0 Å². The monoisotopic (exact) mass is 508 g/mol. The Hall–Kier alpha value is -4.88. The summed E-state index contributed by atoms with van der Waals surface area (Å²) in [5.74, 6) is -0.101. The van der Waals surface area contributed by atoms with Crippen LogP contribution in [0.4, 0.5) is 35.5 Å². The molecule has 37 heavy (non-hydrogen) atoms. The lowest BCUT2D eigenvalue weighted by atomic mass is 9.99. The highest BCUT2D eigenvalue weighted by Crippen LogP contribution is 2.44. The van der Waals surface area contributed by atoms with E-state index in [1.165, 1.54) is 21.7 Å². The topological polar surface area (TPSA) is 123 Å². The second-order valence-corrected chi connectivity index (χ2v) is 7.89. The third-order valence-corrected chi connectivity index (χ3v) is 5.55. The smallest absolute Gasteiger partial charge is 0.395 e. The van der Waals surface area contributed by atoms with Crippen LogP contribution in [0.3, 0.4) is 0 Å². The van der Waals surface area contributed by atoms with Gasteiger partial charge in [0.1, 0.15) is 6.04 Å². The average Bonchev–Trinajstić information content (AvgIpc) is 3.28. The molecule has 188 valence electrons. The predicted octanol–water partition coefficient (Wildman–Crippen LogP) is 4.17. The first kappa shape index (κ1) is 25.2. The van der Waals surface area contributed by atoms with Gasteiger partial charge in [-0.1, -0.05) is 18.2 Å². The Morgan fingerprint density at radius 1 is 1.27 bits per heavy atom. The van der Waals surface area contributed by atoms with E-state index in [0.717, 1.165) is 12.1 Å². The first-order chi connectivity index (χ1) is 17.7. The minimum Gasteiger partial charge on any atom is -0.395 e. The molecule has 10 nitrogen and oxygen atoms in total. The Balaban J connectivity index is 1.89. The zero-order valence-corrected chi connectivity index (χ0v) is 19.3. The van der Waals surface area contributed by atoms with Crippen molar-refractivity contribution in [2.75, 3.05) is 23.4 Å². The molecule has 1 aliphatic rings. The standard InChI is InChI=1S/C24H19F3N8O2/c1-14-19(29-2)20(16-8-6-15(13-28)7-9-16)35-23(32-21(33-35)31-22(37)30-10-11-36)34(14)18-5-3-4-17(12-18)24(25,26)27/h3-9,12,20,36H,10-11H2,1H3,(H2,30,31,33,37)/t20-/m1/s1. The third kappa shape index (κ3) is 4.94. The molecule has 1 atom stereocenters. The summed E-state index contributed by atoms with van der Waals surface area (Å²) in [5.41, 5.74) is 0.670. The van der Waals surface area contributed by atoms with E-state index in [1.807, 2.05) is 6.07 Å². The van der Waals surface area contributed by atoms with E-state index in [9.17, 15) is 18.0 Å². The van der Waals surface area contributed by atoms with Crippen LogP contribution in [0, 0.1) is 17.9 Å². The number of nitrogens with zero attached hydrogens (tertiary/aromatic N) is 6. The number of halogens is 3. The number of anilines is 3. The van der Waals surface area contributed by atoms with Crippen LogP contribution >= 0.6 is 0 Å². The van der Waals surface area contributed by atoms with Crippen LogP contribution in [-0.4, -0.2) is 39.1 Å². The fraction of sp³-hybridized carbons (Fsp3) is 0.208. The highest BCUT2D eigenvalue weighted by atomic mass is 19.4. The number of benzene rings is 2. The molecule has 1 aromatic heterocycles. The molecule has 0 fully saturated rings. The Morgan fingerprint density at radius 3 is 2.62 bits per heavy atom. The molecule has 2 heterocycles. The van der Waals surface area contributed by atoms with E-state index in [4.69, 9.17) is 16.9 Å². The van der Waals surface area contributed by atoms with Gasteiger partial charge in [-0.2, -0.15) is 23.4 Å². The van der Waals surface area contributed by atoms with E-state index in [2.05, 4.69) is 25.6 Å². The number of fused-ring (bicyclic) bond motifs is 1. The van der Waals surface area contributed by atoms with Gasteiger partial charge in [0.25, 0.3) is 5.95 Å². The van der Waals surface area contributed by atoms with Crippen LogP contribution in [-0.2, 0) is 6.18 Å². The van der Waals surface area contributed by atoms with Crippen molar-refractivity contribution in [3.63, 3.8) is 0 Å². The van der Waals surface area contributed by atoms with Crippen LogP contribution in [0.5, 0.6) is 0 Å². The van der Waals surface area contributed by atoms with Crippen LogP contribution in [0.25, 0.3) is 4.85 Å². The maximum Gasteiger partial charge on any atom is 0.416 e. The molecule has 13 heteroatoms. The maximum absolute atomic E-state index is 13.5. The summed E-state index contributed by atoms with van der Waals surface area (Å²) in [6, 6.07) is 11.5. The highest BCUT2D eigenvalue weighted by Gasteiger charge is 2.38. The SMILES string of the molecule is [C-]#[N+]C1=C(C)N(c2cccc(C(F)(F)F)c2)c2nc(NC(=O)NCCO)nn2[C@@H]1c1ccc(C#N)cc1. The molecule has 3 N–H and O–H groups in total. The van der Waals surface area contributed by atoms with Gasteiger partial charge in [-0.05, 0) is 42.8 Å². The van der Waals surface area contributed by atoms with E-state index < -0.39 is 23.8 Å². The Labute approximate surface area is 209 Å². The number of allylic oxidation sites excluding steroid dienone is 2. The number of rotatable bonds is 5. The van der Waals surface area contributed by atoms with Crippen molar-refractivity contribution in [2.24, 2.45) is 0 Å². The summed E-state index contributed by atoms with van der Waals surface area (Å²) < 4.78 is 41.7. The molecule has 4 rings (SSSR count). The minimum atomic E-state index is -4.59. The molecule has 0 spiro atoms. The number of aliphatic hydroxyl groups excluding tert-OH is 1. The molecule has 2 amide bonds. The number of hydrogen-bond acceptors (Lipinski definition) is 6. The van der Waals surface area contributed by atoms with Crippen molar-refractivity contribution in [2.45, 2.75) is 19.1 Å². The van der Waals surface area contributed by atoms with Crippen molar-refractivity contribution < 1.29 is 23.1 Å². The molecular weight excluding hydrogens is 489 g/mol. The Kier molecular flexibility index (Phi) is 6.82. The largest absolute Gasteiger partial charge is 0.416 e. The Bertz CT molecular complexity index is 1450. The molecular formula is C24H19F3N8O2. The van der Waals surface area contributed by atoms with Gasteiger partial charge in [-0.25, -0.2) is 14.3 Å². The number of alkyl halides is 3. The maximum atomic E-state index is 13.5. The summed E-state index contributed by atoms with van der Waals surface area (Å²) in [4.78, 5) is 21.5. The van der Waals surface area contributed by atoms with Crippen LogP contribution < -0.4 is 15.5 Å². The third-order valence-electron chi connectivity index (χ3n) is 5.55. The number of carbonyl (C=O) groups excluding carboxylic acids is 1. The number of aromatic nitrogens is 3. The van der Waals surface area contributed by atoms with Crippen LogP contribution in [0.1, 0.15) is 29.7 Å². The van der Waals surface area contributed by atoms with Crippen molar-refractivity contribution in [1.29, 1.82) is 5.26 Å². The fourth-order valence-corrected chi connectivity index (χ4v) is 3.90. The zero-order valence-electron chi connectivity index (χ0n) is 19.3. The van der Waals surface area contributed by atoms with Crippen molar-refractivity contribution >= 4 is 23.6 Å². The van der Waals surface area contributed by atoms with Gasteiger partial charge in [-0.3, -0.25) is 10.2 Å². The summed E-state index contributed by atoms with van der Waals surface area (Å²) >= 11 is 0. The molecule has 0 aliphatic carbocycles. The van der Waals surface area contributed by atoms with Gasteiger partial charge < -0.3 is 10.4 Å². The second-order valence-electron chi connectivity index (χ2n) is 7.89. The summed E-state index contributed by atoms with van der Waals surface area (Å²) in [6.07, 6.45) is -4.59. The molecule has 0 unspecified atom stereocenters. The summed E-state index contributed by atoms with van der Waals surface area (Å²) in [7, 11) is 0. The minimum absolute atomic E-state index is 0.0217. The van der Waals surface area contributed by atoms with E-state index in [-0.39, 0.29) is 36.4 Å². The fourth-order valence-electron chi connectivity index (χ4n) is 3.90. The predicted molar refractivity (Wildman–Crippen MR) is 126 cm³/mol. The first-order valence-corrected chi connectivity index (χ1v) is 10.9. The molecule has 0 bridgehead atoms. The number of nitrogens with one attached hydrogen (secondary N) is 2. The quantitative estimate of drug-likeness (QED) is 0.445. The average molecular weight is 508 g/mol. The lowest BCUT2D eigenvalue weighted by molar-refractivity contribution is -0.137. The second kappa shape index (κ2) is 10.0. The molecule has 1 aliphatic heterocycles. The van der Waals surface area contributed by atoms with Crippen LogP contribution in [0.15, 0.2) is 59.9 Å². The van der Waals surface area contributed by atoms with Crippen molar-refractivity contribution in [3.8, 4) is 6.07 Å². The molecule has 0 radical (unpaired) electrons. The molecule has 0 saturated carbocycles. The van der Waals surface area contributed by atoms with Gasteiger partial charge in [0.2, 0.25) is 11.6 Å². The first-order valence-electron chi connectivity index (χ1n) is 10.9. The molecule has 3 aromatic rings. The van der Waals surface area contributed by atoms with Gasteiger partial charge in [-0.15, -0.1) is 5.10 Å². The molecule has 2 aromatic carbocycles.